The number of carbonyl (C=O) groups excluding carboxylic acids is 2. The van der Waals surface area contributed by atoms with Gasteiger partial charge in [-0.25, -0.2) is 0 Å². The molecule has 0 rings (SSSR count). The van der Waals surface area contributed by atoms with Crippen LogP contribution in [0.1, 0.15) is 361 Å². The predicted octanol–water partition coefficient (Wildman–Crippen LogP) is 21.7. The van der Waals surface area contributed by atoms with Gasteiger partial charge in [-0.1, -0.05) is 306 Å². The molecule has 1 amide bonds. The molecule has 0 saturated carbocycles. The smallest absolute Gasteiger partial charge is 0.305 e. The number of hydrogen-bond acceptors (Lipinski definition) is 5. The van der Waals surface area contributed by atoms with Gasteiger partial charge in [0.1, 0.15) is 0 Å². The van der Waals surface area contributed by atoms with Gasteiger partial charge in [-0.05, 0) is 89.9 Å². The molecule has 0 aromatic heterocycles. The zero-order valence-electron chi connectivity index (χ0n) is 51.0. The SMILES string of the molecule is CCCCCC/C=C\C/C=C\CCCCCCCC(=O)OCCCCC/C=C\C=C/CCCCCCCCCCCCC(=O)NC(CO)C(O)CCCCCCCCCCCCCCCCCCCCCCCCCC. The van der Waals surface area contributed by atoms with E-state index in [1.54, 1.807) is 0 Å². The Hall–Kier alpha value is -2.18. The summed E-state index contributed by atoms with van der Waals surface area (Å²) in [5, 5.41) is 23.4. The first kappa shape index (κ1) is 73.8. The minimum absolute atomic E-state index is 0.0264. The largest absolute Gasteiger partial charge is 0.466 e. The Morgan fingerprint density at radius 1 is 0.382 bits per heavy atom. The van der Waals surface area contributed by atoms with Crippen molar-refractivity contribution in [3.8, 4) is 0 Å². The highest BCUT2D eigenvalue weighted by molar-refractivity contribution is 5.76. The van der Waals surface area contributed by atoms with Gasteiger partial charge in [-0.15, -0.1) is 0 Å². The Bertz CT molecular complexity index is 1270. The summed E-state index contributed by atoms with van der Waals surface area (Å²) >= 11 is 0. The maximum absolute atomic E-state index is 12.5. The molecule has 0 aliphatic carbocycles. The van der Waals surface area contributed by atoms with Crippen molar-refractivity contribution in [2.45, 2.75) is 373 Å². The van der Waals surface area contributed by atoms with Gasteiger partial charge in [-0.2, -0.15) is 0 Å². The topological polar surface area (TPSA) is 95.9 Å². The van der Waals surface area contributed by atoms with Gasteiger partial charge in [-0.3, -0.25) is 9.59 Å². The number of hydrogen-bond donors (Lipinski definition) is 3. The molecular formula is C70H131NO5. The van der Waals surface area contributed by atoms with Crippen LogP contribution >= 0.6 is 0 Å². The summed E-state index contributed by atoms with van der Waals surface area (Å²) in [6, 6.07) is -0.552. The number of amides is 1. The van der Waals surface area contributed by atoms with Crippen molar-refractivity contribution in [1.82, 2.24) is 5.32 Å². The number of aliphatic hydroxyl groups is 2. The van der Waals surface area contributed by atoms with E-state index in [0.29, 0.717) is 25.9 Å². The van der Waals surface area contributed by atoms with E-state index in [2.05, 4.69) is 67.8 Å². The third-order valence-corrected chi connectivity index (χ3v) is 15.6. The summed E-state index contributed by atoms with van der Waals surface area (Å²) in [6.07, 6.45) is 84.2. The molecule has 0 radical (unpaired) electrons. The van der Waals surface area contributed by atoms with Crippen molar-refractivity contribution < 1.29 is 24.5 Å². The average Bonchev–Trinajstić information content (AvgIpc) is 3.42. The molecule has 0 fully saturated rings. The molecule has 0 aromatic carbocycles. The molecule has 0 aromatic rings. The van der Waals surface area contributed by atoms with E-state index in [0.717, 1.165) is 77.0 Å². The van der Waals surface area contributed by atoms with Crippen LogP contribution in [0.4, 0.5) is 0 Å². The fourth-order valence-corrected chi connectivity index (χ4v) is 10.4. The maximum Gasteiger partial charge on any atom is 0.305 e. The number of ether oxygens (including phenoxy) is 1. The fourth-order valence-electron chi connectivity index (χ4n) is 10.4. The molecule has 6 nitrogen and oxygen atoms in total. The summed E-state index contributed by atoms with van der Waals surface area (Å²) in [6.45, 7) is 4.91. The first-order valence-electron chi connectivity index (χ1n) is 33.9. The van der Waals surface area contributed by atoms with E-state index in [-0.39, 0.29) is 18.5 Å². The van der Waals surface area contributed by atoms with Crippen molar-refractivity contribution >= 4 is 11.9 Å². The van der Waals surface area contributed by atoms with Crippen LogP contribution in [0.5, 0.6) is 0 Å². The highest BCUT2D eigenvalue weighted by Crippen LogP contribution is 2.18. The zero-order valence-corrected chi connectivity index (χ0v) is 51.0. The number of unbranched alkanes of at least 4 members (excludes halogenated alkanes) is 45. The molecule has 3 N–H and O–H groups in total. The minimum Gasteiger partial charge on any atom is -0.466 e. The van der Waals surface area contributed by atoms with E-state index >= 15 is 0 Å². The monoisotopic (exact) mass is 1070 g/mol. The van der Waals surface area contributed by atoms with Gasteiger partial charge < -0.3 is 20.3 Å². The molecule has 0 bridgehead atoms. The van der Waals surface area contributed by atoms with Crippen LogP contribution in [0.25, 0.3) is 0 Å². The Morgan fingerprint density at radius 2 is 0.697 bits per heavy atom. The van der Waals surface area contributed by atoms with Crippen LogP contribution in [0.2, 0.25) is 0 Å². The van der Waals surface area contributed by atoms with Crippen LogP contribution in [0.15, 0.2) is 48.6 Å². The third-order valence-electron chi connectivity index (χ3n) is 15.6. The quantitative estimate of drug-likeness (QED) is 0.0244. The molecular weight excluding hydrogens is 935 g/mol. The summed E-state index contributed by atoms with van der Waals surface area (Å²) in [7, 11) is 0. The van der Waals surface area contributed by atoms with Gasteiger partial charge in [0, 0.05) is 12.8 Å². The van der Waals surface area contributed by atoms with Gasteiger partial charge in [0.2, 0.25) is 5.91 Å². The van der Waals surface area contributed by atoms with E-state index in [4.69, 9.17) is 4.74 Å². The summed E-state index contributed by atoms with van der Waals surface area (Å²) < 4.78 is 5.46. The van der Waals surface area contributed by atoms with E-state index in [9.17, 15) is 19.8 Å². The molecule has 0 heterocycles. The van der Waals surface area contributed by atoms with Gasteiger partial charge in [0.25, 0.3) is 0 Å². The molecule has 0 aliphatic rings. The predicted molar refractivity (Wildman–Crippen MR) is 333 cm³/mol. The normalized spacial score (nSPS) is 12.8. The molecule has 76 heavy (non-hydrogen) atoms. The number of nitrogens with one attached hydrogen (secondary N) is 1. The third kappa shape index (κ3) is 61.0. The van der Waals surface area contributed by atoms with Crippen LogP contribution < -0.4 is 5.32 Å². The molecule has 6 heteroatoms. The van der Waals surface area contributed by atoms with Gasteiger partial charge in [0.05, 0.1) is 25.4 Å². The first-order valence-corrected chi connectivity index (χ1v) is 33.9. The van der Waals surface area contributed by atoms with Crippen LogP contribution in [0.3, 0.4) is 0 Å². The Labute approximate surface area is 474 Å². The van der Waals surface area contributed by atoms with Crippen LogP contribution in [-0.4, -0.2) is 47.4 Å². The van der Waals surface area contributed by atoms with Crippen molar-refractivity contribution in [1.29, 1.82) is 0 Å². The standard InChI is InChI=1S/C70H131NO5/c1-3-5-7-9-11-13-15-17-19-21-22-23-24-25-26-28-31-34-38-42-46-50-54-58-62-68(73)67(66-72)71-69(74)63-59-55-51-47-43-39-35-32-29-27-30-33-37-41-45-49-53-57-61-65-76-70(75)64-60-56-52-48-44-40-36-20-18-16-14-12-10-8-6-4-2/h14,16,20,33,36-37,41,45,67-68,72-73H,3-13,15,17-19,21-32,34-35,38-40,42-44,46-66H2,1-2H3,(H,71,74)/b16-14-,36-20-,37-33-,45-41-. The fraction of sp³-hybridized carbons (Fsp3) is 0.857. The number of allylic oxidation sites excluding steroid dienone is 8. The van der Waals surface area contributed by atoms with Crippen molar-refractivity contribution in [3.05, 3.63) is 48.6 Å². The first-order chi connectivity index (χ1) is 37.5. The highest BCUT2D eigenvalue weighted by atomic mass is 16.5. The second-order valence-corrected chi connectivity index (χ2v) is 23.2. The van der Waals surface area contributed by atoms with Crippen molar-refractivity contribution in [3.63, 3.8) is 0 Å². The second-order valence-electron chi connectivity index (χ2n) is 23.2. The van der Waals surface area contributed by atoms with Crippen LogP contribution in [0, 0.1) is 0 Å². The lowest BCUT2D eigenvalue weighted by molar-refractivity contribution is -0.143. The van der Waals surface area contributed by atoms with Crippen molar-refractivity contribution in [2.24, 2.45) is 0 Å². The van der Waals surface area contributed by atoms with Gasteiger partial charge in [0.15, 0.2) is 0 Å². The molecule has 0 aliphatic heterocycles. The van der Waals surface area contributed by atoms with Crippen LogP contribution in [-0.2, 0) is 14.3 Å². The highest BCUT2D eigenvalue weighted by Gasteiger charge is 2.20. The number of carbonyl (C=O) groups is 2. The maximum atomic E-state index is 12.5. The second kappa shape index (κ2) is 65.3. The Balaban J connectivity index is 3.47. The molecule has 0 spiro atoms. The zero-order chi connectivity index (χ0) is 55.0. The van der Waals surface area contributed by atoms with Crippen molar-refractivity contribution in [2.75, 3.05) is 13.2 Å². The Morgan fingerprint density at radius 3 is 1.09 bits per heavy atom. The summed E-state index contributed by atoms with van der Waals surface area (Å²) in [5.74, 6) is -0.0684. The Kier molecular flexibility index (Phi) is 63.5. The lowest BCUT2D eigenvalue weighted by Crippen LogP contribution is -2.45. The van der Waals surface area contributed by atoms with E-state index in [1.807, 2.05) is 0 Å². The summed E-state index contributed by atoms with van der Waals surface area (Å²) in [5.41, 5.74) is 0. The van der Waals surface area contributed by atoms with E-state index in [1.165, 1.54) is 250 Å². The van der Waals surface area contributed by atoms with Gasteiger partial charge >= 0.3 is 5.97 Å². The molecule has 2 atom stereocenters. The molecule has 2 unspecified atom stereocenters. The minimum atomic E-state index is -0.674. The summed E-state index contributed by atoms with van der Waals surface area (Å²) in [4.78, 5) is 24.6. The van der Waals surface area contributed by atoms with E-state index < -0.39 is 12.1 Å². The number of aliphatic hydroxyl groups excluding tert-OH is 2. The lowest BCUT2D eigenvalue weighted by atomic mass is 10.0. The lowest BCUT2D eigenvalue weighted by Gasteiger charge is -2.22. The average molecular weight is 1070 g/mol. The molecule has 0 saturated heterocycles. The number of rotatable bonds is 63. The molecule has 446 valence electrons. The number of esters is 1.